The molecule has 92 valence electrons. The predicted octanol–water partition coefficient (Wildman–Crippen LogP) is 2.41. The van der Waals surface area contributed by atoms with Gasteiger partial charge in [0.05, 0.1) is 0 Å². The Hall–Kier alpha value is -0.570. The van der Waals surface area contributed by atoms with Crippen molar-refractivity contribution in [2.45, 2.75) is 64.5 Å². The second kappa shape index (κ2) is 4.36. The van der Waals surface area contributed by atoms with E-state index in [0.717, 1.165) is 25.7 Å². The number of hydrogen-bond acceptors (Lipinski definition) is 2. The van der Waals surface area contributed by atoms with Gasteiger partial charge in [0, 0.05) is 6.04 Å². The molecular formula is C13H23NO2. The third-order valence-corrected chi connectivity index (χ3v) is 3.98. The average Bonchev–Trinajstić information content (AvgIpc) is 2.95. The minimum absolute atomic E-state index is 0.293. The smallest absolute Gasteiger partial charge is 0.320 e. The average molecular weight is 225 g/mol. The number of rotatable bonds is 4. The summed E-state index contributed by atoms with van der Waals surface area (Å²) in [5.41, 5.74) is 0.378. The first-order chi connectivity index (χ1) is 7.48. The minimum Gasteiger partial charge on any atom is -0.480 e. The van der Waals surface area contributed by atoms with Crippen LogP contribution in [0.25, 0.3) is 0 Å². The van der Waals surface area contributed by atoms with Crippen LogP contribution in [0.5, 0.6) is 0 Å². The lowest BCUT2D eigenvalue weighted by Gasteiger charge is -2.37. The SMILES string of the molecule is CC1(C)CCCC(NC(C(=O)O)C2CC2)C1. The zero-order valence-electron chi connectivity index (χ0n) is 10.3. The second-order valence-corrected chi connectivity index (χ2v) is 6.28. The van der Waals surface area contributed by atoms with Crippen LogP contribution in [0.1, 0.15) is 52.4 Å². The number of carbonyl (C=O) groups is 1. The molecule has 2 aliphatic carbocycles. The maximum absolute atomic E-state index is 11.2. The Bertz CT molecular complexity index is 271. The van der Waals surface area contributed by atoms with Crippen LogP contribution in [0.3, 0.4) is 0 Å². The van der Waals surface area contributed by atoms with Gasteiger partial charge in [0.2, 0.25) is 0 Å². The minimum atomic E-state index is -0.661. The molecule has 0 spiro atoms. The van der Waals surface area contributed by atoms with Gasteiger partial charge < -0.3 is 10.4 Å². The molecule has 2 saturated carbocycles. The van der Waals surface area contributed by atoms with Crippen LogP contribution < -0.4 is 5.32 Å². The lowest BCUT2D eigenvalue weighted by Crippen LogP contribution is -2.47. The fraction of sp³-hybridized carbons (Fsp3) is 0.923. The zero-order valence-corrected chi connectivity index (χ0v) is 10.3. The molecule has 2 fully saturated rings. The van der Waals surface area contributed by atoms with E-state index < -0.39 is 5.97 Å². The summed E-state index contributed by atoms with van der Waals surface area (Å²) in [6.45, 7) is 4.57. The monoisotopic (exact) mass is 225 g/mol. The Morgan fingerprint density at radius 1 is 1.38 bits per heavy atom. The Labute approximate surface area is 97.6 Å². The van der Waals surface area contributed by atoms with Gasteiger partial charge in [-0.15, -0.1) is 0 Å². The first-order valence-corrected chi connectivity index (χ1v) is 6.47. The van der Waals surface area contributed by atoms with Crippen LogP contribution in [0.2, 0.25) is 0 Å². The van der Waals surface area contributed by atoms with Gasteiger partial charge >= 0.3 is 5.97 Å². The van der Waals surface area contributed by atoms with Gasteiger partial charge in [-0.05, 0) is 43.4 Å². The van der Waals surface area contributed by atoms with Crippen LogP contribution >= 0.6 is 0 Å². The molecule has 0 heterocycles. The molecule has 0 aromatic carbocycles. The molecular weight excluding hydrogens is 202 g/mol. The van der Waals surface area contributed by atoms with Crippen molar-refractivity contribution >= 4 is 5.97 Å². The standard InChI is InChI=1S/C13H23NO2/c1-13(2)7-3-4-10(8-13)14-11(12(15)16)9-5-6-9/h9-11,14H,3-8H2,1-2H3,(H,15,16). The highest BCUT2D eigenvalue weighted by molar-refractivity contribution is 5.74. The maximum Gasteiger partial charge on any atom is 0.320 e. The number of carboxylic acid groups (broad SMARTS) is 1. The molecule has 2 N–H and O–H groups in total. The molecule has 2 unspecified atom stereocenters. The normalized spacial score (nSPS) is 31.0. The Morgan fingerprint density at radius 2 is 2.06 bits per heavy atom. The molecule has 0 radical (unpaired) electrons. The highest BCUT2D eigenvalue weighted by atomic mass is 16.4. The van der Waals surface area contributed by atoms with Gasteiger partial charge in [-0.3, -0.25) is 4.79 Å². The molecule has 2 rings (SSSR count). The van der Waals surface area contributed by atoms with Crippen LogP contribution in [-0.2, 0) is 4.79 Å². The van der Waals surface area contributed by atoms with E-state index in [1.165, 1.54) is 12.8 Å². The number of carboxylic acids is 1. The van der Waals surface area contributed by atoms with Gasteiger partial charge in [-0.2, -0.15) is 0 Å². The van der Waals surface area contributed by atoms with E-state index in [1.54, 1.807) is 0 Å². The fourth-order valence-electron chi connectivity index (χ4n) is 2.93. The van der Waals surface area contributed by atoms with Crippen molar-refractivity contribution in [3.8, 4) is 0 Å². The van der Waals surface area contributed by atoms with Gasteiger partial charge in [-0.25, -0.2) is 0 Å². The highest BCUT2D eigenvalue weighted by Gasteiger charge is 2.38. The number of nitrogens with one attached hydrogen (secondary N) is 1. The molecule has 3 heteroatoms. The summed E-state index contributed by atoms with van der Waals surface area (Å²) in [7, 11) is 0. The van der Waals surface area contributed by atoms with Crippen LogP contribution in [0.4, 0.5) is 0 Å². The number of hydrogen-bond donors (Lipinski definition) is 2. The molecule has 16 heavy (non-hydrogen) atoms. The summed E-state index contributed by atoms with van der Waals surface area (Å²) in [6, 6.07) is 0.115. The largest absolute Gasteiger partial charge is 0.480 e. The highest BCUT2D eigenvalue weighted by Crippen LogP contribution is 2.37. The van der Waals surface area contributed by atoms with E-state index in [0.29, 0.717) is 17.4 Å². The van der Waals surface area contributed by atoms with Gasteiger partial charge in [0.25, 0.3) is 0 Å². The van der Waals surface area contributed by atoms with Crippen molar-refractivity contribution < 1.29 is 9.90 Å². The third kappa shape index (κ3) is 2.97. The van der Waals surface area contributed by atoms with Crippen LogP contribution in [-0.4, -0.2) is 23.2 Å². The predicted molar refractivity (Wildman–Crippen MR) is 63.3 cm³/mol. The summed E-state index contributed by atoms with van der Waals surface area (Å²) in [5.74, 6) is -0.270. The van der Waals surface area contributed by atoms with Crippen LogP contribution in [0.15, 0.2) is 0 Å². The molecule has 0 amide bonds. The summed E-state index contributed by atoms with van der Waals surface area (Å²) in [5, 5.41) is 12.6. The van der Waals surface area contributed by atoms with Crippen molar-refractivity contribution in [1.82, 2.24) is 5.32 Å². The third-order valence-electron chi connectivity index (χ3n) is 3.98. The van der Waals surface area contributed by atoms with Crippen molar-refractivity contribution in [2.24, 2.45) is 11.3 Å². The summed E-state index contributed by atoms with van der Waals surface area (Å²) in [4.78, 5) is 11.2. The van der Waals surface area contributed by atoms with Crippen LogP contribution in [0, 0.1) is 11.3 Å². The molecule has 2 aliphatic rings. The Balaban J connectivity index is 1.89. The van der Waals surface area contributed by atoms with Crippen molar-refractivity contribution in [3.63, 3.8) is 0 Å². The Morgan fingerprint density at radius 3 is 2.56 bits per heavy atom. The van der Waals surface area contributed by atoms with E-state index >= 15 is 0 Å². The van der Waals surface area contributed by atoms with Crippen molar-refractivity contribution in [3.05, 3.63) is 0 Å². The fourth-order valence-corrected chi connectivity index (χ4v) is 2.93. The lowest BCUT2D eigenvalue weighted by atomic mass is 9.75. The van der Waals surface area contributed by atoms with E-state index in [9.17, 15) is 9.90 Å². The summed E-state index contributed by atoms with van der Waals surface area (Å²) in [6.07, 6.45) is 6.91. The summed E-state index contributed by atoms with van der Waals surface area (Å²) < 4.78 is 0. The van der Waals surface area contributed by atoms with Gasteiger partial charge in [-0.1, -0.05) is 20.3 Å². The molecule has 0 aliphatic heterocycles. The van der Waals surface area contributed by atoms with E-state index in [4.69, 9.17) is 0 Å². The molecule has 0 aromatic rings. The number of aliphatic carboxylic acids is 1. The van der Waals surface area contributed by atoms with Crippen molar-refractivity contribution in [2.75, 3.05) is 0 Å². The second-order valence-electron chi connectivity index (χ2n) is 6.28. The topological polar surface area (TPSA) is 49.3 Å². The lowest BCUT2D eigenvalue weighted by molar-refractivity contribution is -0.140. The molecule has 2 atom stereocenters. The Kier molecular flexibility index (Phi) is 3.24. The van der Waals surface area contributed by atoms with Gasteiger partial charge in [0.15, 0.2) is 0 Å². The summed E-state index contributed by atoms with van der Waals surface area (Å²) >= 11 is 0. The molecule has 0 aromatic heterocycles. The maximum atomic E-state index is 11.2. The van der Waals surface area contributed by atoms with Crippen molar-refractivity contribution in [1.29, 1.82) is 0 Å². The van der Waals surface area contributed by atoms with Gasteiger partial charge in [0.1, 0.15) is 6.04 Å². The van der Waals surface area contributed by atoms with E-state index in [2.05, 4.69) is 19.2 Å². The quantitative estimate of drug-likeness (QED) is 0.772. The zero-order chi connectivity index (χ0) is 11.8. The molecule has 0 bridgehead atoms. The molecule has 0 saturated heterocycles. The molecule has 3 nitrogen and oxygen atoms in total. The van der Waals surface area contributed by atoms with E-state index in [1.807, 2.05) is 0 Å². The van der Waals surface area contributed by atoms with E-state index in [-0.39, 0.29) is 6.04 Å². The first-order valence-electron chi connectivity index (χ1n) is 6.47. The first kappa shape index (κ1) is 11.9.